The van der Waals surface area contributed by atoms with Crippen LogP contribution in [0.3, 0.4) is 0 Å². The maximum atomic E-state index is 10.6. The predicted molar refractivity (Wildman–Crippen MR) is 48.0 cm³/mol. The summed E-state index contributed by atoms with van der Waals surface area (Å²) in [6.07, 6.45) is 5.11. The molecular formula is C10H18O2. The van der Waals surface area contributed by atoms with E-state index >= 15 is 0 Å². The summed E-state index contributed by atoms with van der Waals surface area (Å²) in [7, 11) is 0. The molecule has 12 heavy (non-hydrogen) atoms. The van der Waals surface area contributed by atoms with Crippen molar-refractivity contribution < 1.29 is 9.90 Å². The second-order valence-corrected chi connectivity index (χ2v) is 4.53. The SMILES string of the molecule is CC1(C)CCCCC1CC(=O)O. The second kappa shape index (κ2) is 3.46. The van der Waals surface area contributed by atoms with Gasteiger partial charge in [0.2, 0.25) is 0 Å². The minimum absolute atomic E-state index is 0.247. The summed E-state index contributed by atoms with van der Waals surface area (Å²) < 4.78 is 0. The van der Waals surface area contributed by atoms with Crippen molar-refractivity contribution in [3.8, 4) is 0 Å². The molecule has 0 aromatic heterocycles. The van der Waals surface area contributed by atoms with Gasteiger partial charge in [0.1, 0.15) is 0 Å². The minimum Gasteiger partial charge on any atom is -0.481 e. The van der Waals surface area contributed by atoms with E-state index in [1.165, 1.54) is 19.3 Å². The molecule has 1 N–H and O–H groups in total. The number of aliphatic carboxylic acids is 1. The van der Waals surface area contributed by atoms with E-state index in [0.717, 1.165) is 6.42 Å². The molecule has 0 aliphatic heterocycles. The molecule has 70 valence electrons. The Morgan fingerprint density at radius 2 is 2.17 bits per heavy atom. The van der Waals surface area contributed by atoms with E-state index in [-0.39, 0.29) is 5.41 Å². The molecule has 1 fully saturated rings. The van der Waals surface area contributed by atoms with Gasteiger partial charge in [-0.2, -0.15) is 0 Å². The summed E-state index contributed by atoms with van der Waals surface area (Å²) in [4.78, 5) is 10.6. The van der Waals surface area contributed by atoms with Gasteiger partial charge >= 0.3 is 5.97 Å². The van der Waals surface area contributed by atoms with Gasteiger partial charge in [-0.25, -0.2) is 0 Å². The first-order chi connectivity index (χ1) is 5.52. The molecule has 0 saturated heterocycles. The van der Waals surface area contributed by atoms with Crippen LogP contribution in [0.4, 0.5) is 0 Å². The van der Waals surface area contributed by atoms with Crippen LogP contribution in [0.2, 0.25) is 0 Å². The van der Waals surface area contributed by atoms with Gasteiger partial charge in [-0.1, -0.05) is 26.7 Å². The van der Waals surface area contributed by atoms with Gasteiger partial charge in [0.05, 0.1) is 0 Å². The zero-order chi connectivity index (χ0) is 9.19. The second-order valence-electron chi connectivity index (χ2n) is 4.53. The van der Waals surface area contributed by atoms with Crippen molar-refractivity contribution in [3.63, 3.8) is 0 Å². The van der Waals surface area contributed by atoms with Gasteiger partial charge in [-0.3, -0.25) is 4.79 Å². The maximum Gasteiger partial charge on any atom is 0.303 e. The predicted octanol–water partition coefficient (Wildman–Crippen LogP) is 2.68. The molecule has 0 heterocycles. The van der Waals surface area contributed by atoms with Crippen molar-refractivity contribution in [2.75, 3.05) is 0 Å². The van der Waals surface area contributed by atoms with E-state index in [1.54, 1.807) is 0 Å². The number of carbonyl (C=O) groups is 1. The summed E-state index contributed by atoms with van der Waals surface area (Å²) in [5.41, 5.74) is 0.247. The third-order valence-electron chi connectivity index (χ3n) is 3.15. The number of hydrogen-bond acceptors (Lipinski definition) is 1. The van der Waals surface area contributed by atoms with Crippen molar-refractivity contribution >= 4 is 5.97 Å². The largest absolute Gasteiger partial charge is 0.481 e. The monoisotopic (exact) mass is 170 g/mol. The Labute approximate surface area is 74.0 Å². The van der Waals surface area contributed by atoms with E-state index in [2.05, 4.69) is 13.8 Å². The fraction of sp³-hybridized carbons (Fsp3) is 0.900. The highest BCUT2D eigenvalue weighted by Gasteiger charge is 2.33. The first kappa shape index (κ1) is 9.56. The lowest BCUT2D eigenvalue weighted by atomic mass is 9.68. The Bertz CT molecular complexity index is 173. The van der Waals surface area contributed by atoms with E-state index < -0.39 is 5.97 Å². The lowest BCUT2D eigenvalue weighted by Crippen LogP contribution is -2.29. The topological polar surface area (TPSA) is 37.3 Å². The molecule has 2 heteroatoms. The van der Waals surface area contributed by atoms with Crippen molar-refractivity contribution in [3.05, 3.63) is 0 Å². The van der Waals surface area contributed by atoms with Crippen LogP contribution in [-0.4, -0.2) is 11.1 Å². The molecule has 0 radical (unpaired) electrons. The normalized spacial score (nSPS) is 28.3. The van der Waals surface area contributed by atoms with Crippen LogP contribution < -0.4 is 0 Å². The van der Waals surface area contributed by atoms with Crippen molar-refractivity contribution in [1.29, 1.82) is 0 Å². The Balaban J connectivity index is 2.54. The average Bonchev–Trinajstić information content (AvgIpc) is 1.92. The number of hydrogen-bond donors (Lipinski definition) is 1. The zero-order valence-corrected chi connectivity index (χ0v) is 7.97. The highest BCUT2D eigenvalue weighted by atomic mass is 16.4. The van der Waals surface area contributed by atoms with Crippen LogP contribution in [0.5, 0.6) is 0 Å². The van der Waals surface area contributed by atoms with Gasteiger partial charge in [-0.05, 0) is 24.2 Å². The van der Waals surface area contributed by atoms with Gasteiger partial charge in [0, 0.05) is 6.42 Å². The summed E-state index contributed by atoms with van der Waals surface area (Å²) in [6, 6.07) is 0. The Hall–Kier alpha value is -0.530. The quantitative estimate of drug-likeness (QED) is 0.691. The molecule has 0 bridgehead atoms. The molecule has 2 nitrogen and oxygen atoms in total. The Kier molecular flexibility index (Phi) is 2.76. The van der Waals surface area contributed by atoms with Crippen LogP contribution in [0, 0.1) is 11.3 Å². The number of carboxylic acids is 1. The Morgan fingerprint density at radius 1 is 1.50 bits per heavy atom. The standard InChI is InChI=1S/C10H18O2/c1-10(2)6-4-3-5-8(10)7-9(11)12/h8H,3-7H2,1-2H3,(H,11,12). The van der Waals surface area contributed by atoms with Gasteiger partial charge in [0.15, 0.2) is 0 Å². The minimum atomic E-state index is -0.644. The molecule has 0 aromatic carbocycles. The fourth-order valence-electron chi connectivity index (χ4n) is 2.16. The Morgan fingerprint density at radius 3 is 2.67 bits per heavy atom. The van der Waals surface area contributed by atoms with Gasteiger partial charge in [0.25, 0.3) is 0 Å². The van der Waals surface area contributed by atoms with Crippen LogP contribution in [0.1, 0.15) is 46.0 Å². The number of carboxylic acid groups (broad SMARTS) is 1. The molecule has 1 aliphatic carbocycles. The fourth-order valence-corrected chi connectivity index (χ4v) is 2.16. The molecule has 0 amide bonds. The zero-order valence-electron chi connectivity index (χ0n) is 7.97. The number of rotatable bonds is 2. The van der Waals surface area contributed by atoms with Crippen LogP contribution in [-0.2, 0) is 4.79 Å². The third kappa shape index (κ3) is 2.23. The molecule has 0 aromatic rings. The highest BCUT2D eigenvalue weighted by Crippen LogP contribution is 2.42. The van der Waals surface area contributed by atoms with Gasteiger partial charge in [-0.15, -0.1) is 0 Å². The maximum absolute atomic E-state index is 10.6. The smallest absolute Gasteiger partial charge is 0.303 e. The molecule has 1 aliphatic rings. The first-order valence-corrected chi connectivity index (χ1v) is 4.74. The lowest BCUT2D eigenvalue weighted by Gasteiger charge is -2.37. The molecular weight excluding hydrogens is 152 g/mol. The van der Waals surface area contributed by atoms with Crippen molar-refractivity contribution in [2.24, 2.45) is 11.3 Å². The van der Waals surface area contributed by atoms with Crippen molar-refractivity contribution in [2.45, 2.75) is 46.0 Å². The summed E-state index contributed by atoms with van der Waals surface area (Å²) in [5.74, 6) is -0.251. The first-order valence-electron chi connectivity index (χ1n) is 4.74. The van der Waals surface area contributed by atoms with Crippen LogP contribution >= 0.6 is 0 Å². The summed E-state index contributed by atoms with van der Waals surface area (Å²) in [5, 5.41) is 8.70. The van der Waals surface area contributed by atoms with E-state index in [4.69, 9.17) is 5.11 Å². The highest BCUT2D eigenvalue weighted by molar-refractivity contribution is 5.67. The van der Waals surface area contributed by atoms with Gasteiger partial charge < -0.3 is 5.11 Å². The summed E-state index contributed by atoms with van der Waals surface area (Å²) >= 11 is 0. The van der Waals surface area contributed by atoms with Crippen LogP contribution in [0.15, 0.2) is 0 Å². The van der Waals surface area contributed by atoms with Crippen molar-refractivity contribution in [1.82, 2.24) is 0 Å². The molecule has 1 atom stereocenters. The van der Waals surface area contributed by atoms with E-state index in [0.29, 0.717) is 12.3 Å². The molecule has 1 rings (SSSR count). The third-order valence-corrected chi connectivity index (χ3v) is 3.15. The van der Waals surface area contributed by atoms with E-state index in [1.807, 2.05) is 0 Å². The molecule has 1 saturated carbocycles. The molecule has 1 unspecified atom stereocenters. The lowest BCUT2D eigenvalue weighted by molar-refractivity contribution is -0.139. The van der Waals surface area contributed by atoms with E-state index in [9.17, 15) is 4.79 Å². The van der Waals surface area contributed by atoms with Crippen LogP contribution in [0.25, 0.3) is 0 Å². The average molecular weight is 170 g/mol. The molecule has 0 spiro atoms. The summed E-state index contributed by atoms with van der Waals surface area (Å²) in [6.45, 7) is 4.39.